The number of nitrogens with zero attached hydrogens (tertiary/aromatic N) is 2. The van der Waals surface area contributed by atoms with Crippen LogP contribution in [0.2, 0.25) is 0 Å². The second-order valence-corrected chi connectivity index (χ2v) is 7.91. The van der Waals surface area contributed by atoms with Crippen molar-refractivity contribution in [1.82, 2.24) is 10.7 Å². The normalized spacial score (nSPS) is 23.6. The zero-order valence-electron chi connectivity index (χ0n) is 17.0. The summed E-state index contributed by atoms with van der Waals surface area (Å²) in [7, 11) is 0. The molecule has 1 aromatic carbocycles. The maximum Gasteiger partial charge on any atom is 0.266 e. The quantitative estimate of drug-likeness (QED) is 0.287. The van der Waals surface area contributed by atoms with Gasteiger partial charge in [0.15, 0.2) is 18.0 Å². The number of hydrogen-bond acceptors (Lipinski definition) is 6. The van der Waals surface area contributed by atoms with E-state index in [9.17, 15) is 14.0 Å². The summed E-state index contributed by atoms with van der Waals surface area (Å²) in [5, 5.41) is 2.84. The Kier molecular flexibility index (Phi) is 6.55. The van der Waals surface area contributed by atoms with Crippen molar-refractivity contribution in [2.24, 2.45) is 11.8 Å². The summed E-state index contributed by atoms with van der Waals surface area (Å²) in [6.07, 6.45) is -0.591. The highest BCUT2D eigenvalue weighted by molar-refractivity contribution is 5.91. The molecule has 1 aromatic rings. The lowest BCUT2D eigenvalue weighted by molar-refractivity contribution is -0.159. The van der Waals surface area contributed by atoms with Gasteiger partial charge in [0, 0.05) is 25.3 Å². The molecule has 2 aliphatic rings. The third-order valence-electron chi connectivity index (χ3n) is 5.33. The second-order valence-electron chi connectivity index (χ2n) is 7.91. The fraction of sp³-hybridized carbons (Fsp3) is 0.550. The van der Waals surface area contributed by atoms with E-state index >= 15 is 0 Å². The van der Waals surface area contributed by atoms with Crippen LogP contribution in [0.3, 0.4) is 0 Å². The molecular formula is C20H26FN5O4. The van der Waals surface area contributed by atoms with Gasteiger partial charge < -0.3 is 19.7 Å². The number of ether oxygens (including phenoxy) is 2. The van der Waals surface area contributed by atoms with Crippen molar-refractivity contribution in [2.45, 2.75) is 44.7 Å². The molecule has 0 saturated carbocycles. The summed E-state index contributed by atoms with van der Waals surface area (Å²) < 4.78 is 24.4. The predicted molar refractivity (Wildman–Crippen MR) is 107 cm³/mol. The summed E-state index contributed by atoms with van der Waals surface area (Å²) in [4.78, 5) is 30.0. The predicted octanol–water partition coefficient (Wildman–Crippen LogP) is 1.22. The first-order chi connectivity index (χ1) is 14.2. The van der Waals surface area contributed by atoms with Crippen LogP contribution in [-0.4, -0.2) is 49.4 Å². The van der Waals surface area contributed by atoms with Crippen LogP contribution >= 0.6 is 0 Å². The van der Waals surface area contributed by atoms with Gasteiger partial charge in [0.25, 0.3) is 11.8 Å². The topological polar surface area (TPSA) is 110 Å². The number of piperidine rings is 1. The third kappa shape index (κ3) is 4.87. The van der Waals surface area contributed by atoms with Crippen molar-refractivity contribution in [3.8, 4) is 0 Å². The van der Waals surface area contributed by atoms with Gasteiger partial charge in [-0.2, -0.15) is 0 Å². The van der Waals surface area contributed by atoms with Crippen LogP contribution in [0, 0.1) is 18.3 Å². The first-order valence-electron chi connectivity index (χ1n) is 9.80. The van der Waals surface area contributed by atoms with Gasteiger partial charge in [-0.05, 0) is 50.8 Å². The van der Waals surface area contributed by atoms with Gasteiger partial charge >= 0.3 is 0 Å². The molecule has 0 aliphatic carbocycles. The second kappa shape index (κ2) is 8.95. The van der Waals surface area contributed by atoms with Gasteiger partial charge in [-0.25, -0.2) is 15.1 Å². The lowest BCUT2D eigenvalue weighted by Gasteiger charge is -2.34. The molecular weight excluding hydrogens is 393 g/mol. The number of amides is 2. The molecule has 0 unspecified atom stereocenters. The maximum atomic E-state index is 13.4. The van der Waals surface area contributed by atoms with E-state index in [1.165, 1.54) is 12.1 Å². The van der Waals surface area contributed by atoms with Gasteiger partial charge in [-0.3, -0.25) is 15.0 Å². The summed E-state index contributed by atoms with van der Waals surface area (Å²) in [5.41, 5.74) is 3.02. The average Bonchev–Trinajstić information content (AvgIpc) is 3.07. The summed E-state index contributed by atoms with van der Waals surface area (Å²) in [5.74, 6) is 2.87. The monoisotopic (exact) mass is 419 g/mol. The minimum atomic E-state index is -1.11. The number of nitrogens with two attached hydrogens (primary N) is 1. The van der Waals surface area contributed by atoms with Gasteiger partial charge in [0.1, 0.15) is 5.82 Å². The lowest BCUT2D eigenvalue weighted by atomic mass is 9.96. The number of hydrazine groups is 1. The van der Waals surface area contributed by atoms with E-state index in [0.717, 1.165) is 18.5 Å². The molecule has 4 N–H and O–H groups in total. The zero-order chi connectivity index (χ0) is 21.9. The number of nitrogens with one attached hydrogen (secondary N) is 2. The highest BCUT2D eigenvalue weighted by Crippen LogP contribution is 2.33. The fourth-order valence-electron chi connectivity index (χ4n) is 3.80. The molecule has 162 valence electrons. The highest BCUT2D eigenvalue weighted by Gasteiger charge is 2.48. The van der Waals surface area contributed by atoms with Crippen LogP contribution in [0.15, 0.2) is 18.2 Å². The molecule has 2 saturated heterocycles. The smallest absolute Gasteiger partial charge is 0.266 e. The number of anilines is 1. The number of rotatable bonds is 5. The molecule has 30 heavy (non-hydrogen) atoms. The largest absolute Gasteiger partial charge is 0.380 e. The number of hydrogen-bond donors (Lipinski definition) is 3. The molecule has 0 bridgehead atoms. The van der Waals surface area contributed by atoms with Crippen molar-refractivity contribution >= 4 is 23.2 Å². The number of carbonyl (C=O) groups is 2. The van der Waals surface area contributed by atoms with Crippen LogP contribution in [0.25, 0.3) is 4.85 Å². The third-order valence-corrected chi connectivity index (χ3v) is 5.33. The standard InChI is InChI=1S/C20H26FN5O4/c1-20(2)29-16(17(30-20)19(28)25-22)18(27)24-11-12-6-8-26(9-7-12)15-5-4-13(21)10-14(15)23-3/h4-5,10,12,16-17H,6-9,11,22H2,1-2H3,(H,24,27)(H,25,28)/t16-,17-/m1/s1. The van der Waals surface area contributed by atoms with Gasteiger partial charge in [0.05, 0.1) is 6.57 Å². The first kappa shape index (κ1) is 22.0. The molecule has 2 atom stereocenters. The van der Waals surface area contributed by atoms with E-state index in [4.69, 9.17) is 21.9 Å². The van der Waals surface area contributed by atoms with Crippen LogP contribution in [-0.2, 0) is 19.1 Å². The summed E-state index contributed by atoms with van der Waals surface area (Å²) in [6.45, 7) is 12.3. The number of halogens is 1. The number of carbonyl (C=O) groups excluding carboxylic acids is 2. The fourth-order valence-corrected chi connectivity index (χ4v) is 3.80. The summed E-state index contributed by atoms with van der Waals surface area (Å²) in [6, 6.07) is 4.23. The van der Waals surface area contributed by atoms with E-state index in [1.54, 1.807) is 19.9 Å². The van der Waals surface area contributed by atoms with Gasteiger partial charge in [0.2, 0.25) is 5.69 Å². The Morgan fingerprint density at radius 1 is 1.27 bits per heavy atom. The Bertz CT molecular complexity index is 848. The Morgan fingerprint density at radius 2 is 1.90 bits per heavy atom. The van der Waals surface area contributed by atoms with Crippen molar-refractivity contribution < 1.29 is 23.5 Å². The van der Waals surface area contributed by atoms with Crippen LogP contribution in [0.4, 0.5) is 15.8 Å². The Balaban J connectivity index is 1.53. The van der Waals surface area contributed by atoms with Crippen molar-refractivity contribution in [3.05, 3.63) is 35.4 Å². The highest BCUT2D eigenvalue weighted by atomic mass is 19.1. The van der Waals surface area contributed by atoms with E-state index < -0.39 is 35.6 Å². The van der Waals surface area contributed by atoms with Crippen LogP contribution in [0.5, 0.6) is 0 Å². The van der Waals surface area contributed by atoms with Gasteiger partial charge in [-0.1, -0.05) is 0 Å². The molecule has 3 rings (SSSR count). The Hall–Kier alpha value is -2.74. The van der Waals surface area contributed by atoms with Crippen molar-refractivity contribution in [1.29, 1.82) is 0 Å². The molecule has 2 fully saturated rings. The first-order valence-corrected chi connectivity index (χ1v) is 9.80. The molecule has 2 aliphatic heterocycles. The van der Waals surface area contributed by atoms with Crippen molar-refractivity contribution in [3.63, 3.8) is 0 Å². The van der Waals surface area contributed by atoms with Crippen LogP contribution < -0.4 is 21.5 Å². The number of benzene rings is 1. The Labute approximate surface area is 174 Å². The van der Waals surface area contributed by atoms with E-state index in [0.29, 0.717) is 25.3 Å². The Morgan fingerprint density at radius 3 is 2.50 bits per heavy atom. The average molecular weight is 419 g/mol. The summed E-state index contributed by atoms with van der Waals surface area (Å²) >= 11 is 0. The van der Waals surface area contributed by atoms with Gasteiger partial charge in [-0.15, -0.1) is 0 Å². The molecule has 0 radical (unpaired) electrons. The maximum absolute atomic E-state index is 13.4. The zero-order valence-corrected chi connectivity index (χ0v) is 17.0. The van der Waals surface area contributed by atoms with E-state index in [1.807, 2.05) is 5.43 Å². The van der Waals surface area contributed by atoms with Crippen molar-refractivity contribution in [2.75, 3.05) is 24.5 Å². The minimum absolute atomic E-state index is 0.235. The molecule has 0 spiro atoms. The molecule has 2 heterocycles. The SMILES string of the molecule is [C-]#[N+]c1cc(F)ccc1N1CCC(CNC(=O)[C@@H]2OC(C)(C)O[C@H]2C(=O)NN)CC1. The van der Waals surface area contributed by atoms with E-state index in [-0.39, 0.29) is 5.92 Å². The molecule has 10 heteroatoms. The lowest BCUT2D eigenvalue weighted by Crippen LogP contribution is -2.50. The van der Waals surface area contributed by atoms with Crippen LogP contribution in [0.1, 0.15) is 26.7 Å². The molecule has 2 amide bonds. The molecule has 9 nitrogen and oxygen atoms in total. The van der Waals surface area contributed by atoms with E-state index in [2.05, 4.69) is 15.1 Å². The minimum Gasteiger partial charge on any atom is -0.380 e. The molecule has 0 aromatic heterocycles.